The van der Waals surface area contributed by atoms with E-state index < -0.39 is 11.4 Å². The fourth-order valence-corrected chi connectivity index (χ4v) is 1.40. The van der Waals surface area contributed by atoms with Crippen molar-refractivity contribution in [2.75, 3.05) is 19.1 Å². The van der Waals surface area contributed by atoms with Crippen molar-refractivity contribution in [2.24, 2.45) is 5.41 Å². The number of ether oxygens (including phenoxy) is 1. The summed E-state index contributed by atoms with van der Waals surface area (Å²) in [5, 5.41) is 0. The Balaban J connectivity index is 2.90. The van der Waals surface area contributed by atoms with Gasteiger partial charge in [-0.05, 0) is 26.0 Å². The van der Waals surface area contributed by atoms with Gasteiger partial charge in [0.1, 0.15) is 11.2 Å². The number of nitrogens with zero attached hydrogens (tertiary/aromatic N) is 1. The number of hydrogen-bond donors (Lipinski definition) is 1. The van der Waals surface area contributed by atoms with Gasteiger partial charge in [-0.1, -0.05) is 0 Å². The second-order valence-electron chi connectivity index (χ2n) is 4.04. The second-order valence-corrected chi connectivity index (χ2v) is 4.04. The van der Waals surface area contributed by atoms with E-state index >= 15 is 0 Å². The molecule has 0 aromatic carbocycles. The first-order valence-corrected chi connectivity index (χ1v) is 4.91. The highest BCUT2D eigenvalue weighted by molar-refractivity contribution is 6.08. The molecule has 88 valence electrons. The lowest BCUT2D eigenvalue weighted by Gasteiger charge is -2.26. The summed E-state index contributed by atoms with van der Waals surface area (Å²) in [6, 6.07) is 3.54. The number of carbonyl (C=O) groups excluding carboxylic acids is 2. The van der Waals surface area contributed by atoms with Gasteiger partial charge in [0, 0.05) is 13.2 Å². The molecule has 0 bridgehead atoms. The van der Waals surface area contributed by atoms with Gasteiger partial charge in [-0.25, -0.2) is 0 Å². The van der Waals surface area contributed by atoms with Gasteiger partial charge in [0.15, 0.2) is 0 Å². The van der Waals surface area contributed by atoms with Gasteiger partial charge in [0.05, 0.1) is 7.11 Å². The van der Waals surface area contributed by atoms with Gasteiger partial charge in [-0.3, -0.25) is 9.59 Å². The van der Waals surface area contributed by atoms with E-state index in [1.807, 2.05) is 0 Å². The summed E-state index contributed by atoms with van der Waals surface area (Å²) in [5.41, 5.74) is -1.19. The number of hydrogen-bond acceptors (Lipinski definition) is 3. The Labute approximate surface area is 94.4 Å². The Morgan fingerprint density at radius 2 is 2.06 bits per heavy atom. The molecule has 0 radical (unpaired) electrons. The standard InChI is InChI=1S/C11H16N2O3/c1-11(2,10(15)16-4)9(14)13(3)8-6-5-7-12-8/h5-7,12H,1-4H3. The van der Waals surface area contributed by atoms with E-state index in [0.29, 0.717) is 5.82 Å². The van der Waals surface area contributed by atoms with E-state index in [0.717, 1.165) is 0 Å². The summed E-state index contributed by atoms with van der Waals surface area (Å²) in [6.07, 6.45) is 1.71. The Hall–Kier alpha value is -1.78. The molecule has 1 aromatic rings. The summed E-state index contributed by atoms with van der Waals surface area (Å²) in [5.74, 6) is -0.223. The normalized spacial score (nSPS) is 11.0. The zero-order valence-corrected chi connectivity index (χ0v) is 9.90. The van der Waals surface area contributed by atoms with Crippen molar-refractivity contribution >= 4 is 17.7 Å². The molecule has 0 aliphatic rings. The molecular weight excluding hydrogens is 208 g/mol. The number of aromatic nitrogens is 1. The Bertz CT molecular complexity index is 382. The third-order valence-electron chi connectivity index (χ3n) is 2.48. The quantitative estimate of drug-likeness (QED) is 0.619. The first kappa shape index (κ1) is 12.3. The Morgan fingerprint density at radius 3 is 2.50 bits per heavy atom. The lowest BCUT2D eigenvalue weighted by Crippen LogP contribution is -2.44. The zero-order valence-electron chi connectivity index (χ0n) is 9.90. The van der Waals surface area contributed by atoms with Gasteiger partial charge < -0.3 is 14.6 Å². The molecular formula is C11H16N2O3. The molecule has 1 rings (SSSR count). The molecule has 5 heteroatoms. The minimum Gasteiger partial charge on any atom is -0.468 e. The van der Waals surface area contributed by atoms with E-state index in [1.54, 1.807) is 39.2 Å². The molecule has 0 fully saturated rings. The minimum atomic E-state index is -1.19. The Kier molecular flexibility index (Phi) is 3.37. The fourth-order valence-electron chi connectivity index (χ4n) is 1.40. The lowest BCUT2D eigenvalue weighted by atomic mass is 9.92. The van der Waals surface area contributed by atoms with E-state index in [9.17, 15) is 9.59 Å². The van der Waals surface area contributed by atoms with E-state index in [1.165, 1.54) is 12.0 Å². The zero-order chi connectivity index (χ0) is 12.3. The number of amides is 1. The second kappa shape index (κ2) is 4.38. The van der Waals surface area contributed by atoms with Crippen LogP contribution in [0.4, 0.5) is 5.82 Å². The van der Waals surface area contributed by atoms with Crippen LogP contribution in [0.2, 0.25) is 0 Å². The molecule has 1 aromatic heterocycles. The summed E-state index contributed by atoms with van der Waals surface area (Å²) in [4.78, 5) is 27.8. The van der Waals surface area contributed by atoms with Crippen LogP contribution in [-0.2, 0) is 14.3 Å². The number of rotatable bonds is 3. The fraction of sp³-hybridized carbons (Fsp3) is 0.455. The van der Waals surface area contributed by atoms with Crippen LogP contribution in [0, 0.1) is 5.41 Å². The van der Waals surface area contributed by atoms with Crippen molar-refractivity contribution in [3.05, 3.63) is 18.3 Å². The van der Waals surface area contributed by atoms with Gasteiger partial charge in [-0.2, -0.15) is 0 Å². The molecule has 0 unspecified atom stereocenters. The monoisotopic (exact) mass is 224 g/mol. The average molecular weight is 224 g/mol. The molecule has 5 nitrogen and oxygen atoms in total. The molecule has 0 aliphatic carbocycles. The van der Waals surface area contributed by atoms with Crippen LogP contribution in [-0.4, -0.2) is 31.0 Å². The minimum absolute atomic E-state index is 0.318. The van der Waals surface area contributed by atoms with Crippen LogP contribution in [0.5, 0.6) is 0 Å². The number of aromatic amines is 1. The highest BCUT2D eigenvalue weighted by Gasteiger charge is 2.39. The summed E-state index contributed by atoms with van der Waals surface area (Å²) in [6.45, 7) is 3.08. The van der Waals surface area contributed by atoms with Crippen LogP contribution in [0.3, 0.4) is 0 Å². The third kappa shape index (κ3) is 2.08. The number of esters is 1. The van der Waals surface area contributed by atoms with Crippen molar-refractivity contribution in [1.82, 2.24) is 4.98 Å². The van der Waals surface area contributed by atoms with Gasteiger partial charge in [0.2, 0.25) is 5.91 Å². The molecule has 1 N–H and O–H groups in total. The van der Waals surface area contributed by atoms with Crippen molar-refractivity contribution in [1.29, 1.82) is 0 Å². The number of nitrogens with one attached hydrogen (secondary N) is 1. The highest BCUT2D eigenvalue weighted by Crippen LogP contribution is 2.22. The number of methoxy groups -OCH3 is 1. The average Bonchev–Trinajstić information content (AvgIpc) is 2.79. The van der Waals surface area contributed by atoms with Crippen LogP contribution in [0.25, 0.3) is 0 Å². The van der Waals surface area contributed by atoms with Gasteiger partial charge >= 0.3 is 5.97 Å². The van der Waals surface area contributed by atoms with Crippen molar-refractivity contribution in [2.45, 2.75) is 13.8 Å². The molecule has 0 saturated heterocycles. The third-order valence-corrected chi connectivity index (χ3v) is 2.48. The number of carbonyl (C=O) groups is 2. The first-order chi connectivity index (χ1) is 7.41. The maximum absolute atomic E-state index is 12.1. The van der Waals surface area contributed by atoms with Crippen LogP contribution < -0.4 is 4.90 Å². The number of H-pyrrole nitrogens is 1. The maximum Gasteiger partial charge on any atom is 0.320 e. The van der Waals surface area contributed by atoms with Crippen molar-refractivity contribution in [3.8, 4) is 0 Å². The summed E-state index contributed by atoms with van der Waals surface area (Å²) >= 11 is 0. The lowest BCUT2D eigenvalue weighted by molar-refractivity contribution is -0.155. The molecule has 0 saturated carbocycles. The molecule has 0 aliphatic heterocycles. The SMILES string of the molecule is COC(=O)C(C)(C)C(=O)N(C)c1ccc[nH]1. The highest BCUT2D eigenvalue weighted by atomic mass is 16.5. The Morgan fingerprint density at radius 1 is 1.44 bits per heavy atom. The topological polar surface area (TPSA) is 62.4 Å². The van der Waals surface area contributed by atoms with Crippen molar-refractivity contribution in [3.63, 3.8) is 0 Å². The van der Waals surface area contributed by atoms with Gasteiger partial charge in [0.25, 0.3) is 0 Å². The largest absolute Gasteiger partial charge is 0.468 e. The maximum atomic E-state index is 12.1. The van der Waals surface area contributed by atoms with Gasteiger partial charge in [-0.15, -0.1) is 0 Å². The van der Waals surface area contributed by atoms with Crippen LogP contribution in [0.15, 0.2) is 18.3 Å². The van der Waals surface area contributed by atoms with Crippen LogP contribution >= 0.6 is 0 Å². The predicted molar refractivity (Wildman–Crippen MR) is 60.0 cm³/mol. The summed E-state index contributed by atoms with van der Waals surface area (Å²) < 4.78 is 4.61. The molecule has 0 spiro atoms. The van der Waals surface area contributed by atoms with Crippen molar-refractivity contribution < 1.29 is 14.3 Å². The van der Waals surface area contributed by atoms with E-state index in [2.05, 4.69) is 9.72 Å². The molecule has 1 amide bonds. The summed E-state index contributed by atoms with van der Waals surface area (Å²) in [7, 11) is 2.88. The van der Waals surface area contributed by atoms with E-state index in [-0.39, 0.29) is 5.91 Å². The first-order valence-electron chi connectivity index (χ1n) is 4.91. The molecule has 1 heterocycles. The molecule has 16 heavy (non-hydrogen) atoms. The van der Waals surface area contributed by atoms with E-state index in [4.69, 9.17) is 0 Å². The van der Waals surface area contributed by atoms with Crippen LogP contribution in [0.1, 0.15) is 13.8 Å². The predicted octanol–water partition coefficient (Wildman–Crippen LogP) is 1.18. The molecule has 0 atom stereocenters. The number of anilines is 1. The smallest absolute Gasteiger partial charge is 0.320 e.